The number of hydrogen-bond donors (Lipinski definition) is 2. The maximum absolute atomic E-state index is 12.5. The second kappa shape index (κ2) is 18.0. The number of aromatic nitrogens is 2. The van der Waals surface area contributed by atoms with Crippen LogP contribution >= 0.6 is 21.6 Å². The summed E-state index contributed by atoms with van der Waals surface area (Å²) in [4.78, 5) is 49.8. The van der Waals surface area contributed by atoms with E-state index < -0.39 is 24.0 Å². The minimum Gasteiger partial charge on any atom is -0.460 e. The maximum atomic E-state index is 12.5. The molecule has 2 N–H and O–H groups in total. The van der Waals surface area contributed by atoms with Gasteiger partial charge in [0.2, 0.25) is 11.8 Å². The number of amides is 2. The zero-order valence-corrected chi connectivity index (χ0v) is 22.8. The van der Waals surface area contributed by atoms with Crippen LogP contribution in [0.15, 0.2) is 74.4 Å². The summed E-state index contributed by atoms with van der Waals surface area (Å²) in [5.41, 5.74) is 0. The van der Waals surface area contributed by atoms with E-state index in [-0.39, 0.29) is 49.4 Å². The van der Waals surface area contributed by atoms with Gasteiger partial charge in [0.05, 0.1) is 0 Å². The second-order valence-corrected chi connectivity index (χ2v) is 10.5. The molecule has 0 aliphatic heterocycles. The van der Waals surface area contributed by atoms with Crippen LogP contribution in [0.2, 0.25) is 0 Å². The number of aryl methyl sites for hydroxylation is 2. The number of nitrogens with one attached hydrogen (secondary N) is 2. The van der Waals surface area contributed by atoms with E-state index in [0.717, 1.165) is 0 Å². The van der Waals surface area contributed by atoms with Gasteiger partial charge >= 0.3 is 11.9 Å². The first-order chi connectivity index (χ1) is 18.4. The number of esters is 2. The fraction of sp³-hybridized carbons (Fsp3) is 0.385. The van der Waals surface area contributed by atoms with Crippen LogP contribution in [0.5, 0.6) is 0 Å². The molecule has 2 amide bonds. The van der Waals surface area contributed by atoms with Crippen molar-refractivity contribution < 1.29 is 28.7 Å². The highest BCUT2D eigenvalue weighted by molar-refractivity contribution is 8.76. The van der Waals surface area contributed by atoms with Crippen molar-refractivity contribution >= 4 is 45.3 Å². The molecule has 2 rings (SSSR count). The van der Waals surface area contributed by atoms with Crippen molar-refractivity contribution in [3.8, 4) is 0 Å². The highest BCUT2D eigenvalue weighted by atomic mass is 33.1. The van der Waals surface area contributed by atoms with Gasteiger partial charge in [0.1, 0.15) is 25.3 Å². The molecule has 38 heavy (non-hydrogen) atoms. The molecule has 0 fully saturated rings. The van der Waals surface area contributed by atoms with Crippen LogP contribution in [0.4, 0.5) is 0 Å². The molecule has 0 radical (unpaired) electrons. The van der Waals surface area contributed by atoms with Gasteiger partial charge in [-0.3, -0.25) is 9.59 Å². The van der Waals surface area contributed by atoms with Gasteiger partial charge < -0.3 is 29.2 Å². The van der Waals surface area contributed by atoms with Gasteiger partial charge in [0.25, 0.3) is 0 Å². The van der Waals surface area contributed by atoms with E-state index in [1.807, 2.05) is 58.2 Å². The Morgan fingerprint density at radius 3 is 1.42 bits per heavy atom. The van der Waals surface area contributed by atoms with Crippen molar-refractivity contribution in [2.75, 3.05) is 24.7 Å². The first kappa shape index (κ1) is 30.8. The van der Waals surface area contributed by atoms with E-state index in [0.29, 0.717) is 13.1 Å². The van der Waals surface area contributed by atoms with E-state index in [2.05, 4.69) is 23.8 Å². The summed E-state index contributed by atoms with van der Waals surface area (Å²) < 4.78 is 14.0. The molecule has 2 atom stereocenters. The van der Waals surface area contributed by atoms with E-state index in [9.17, 15) is 19.2 Å². The Morgan fingerprint density at radius 1 is 0.711 bits per heavy atom. The van der Waals surface area contributed by atoms with Crippen molar-refractivity contribution in [2.24, 2.45) is 0 Å². The zero-order valence-electron chi connectivity index (χ0n) is 21.2. The predicted molar refractivity (Wildman–Crippen MR) is 149 cm³/mol. The number of nitrogens with zero attached hydrogens (tertiary/aromatic N) is 2. The minimum atomic E-state index is -0.882. The molecule has 0 bridgehead atoms. The number of ether oxygens (including phenoxy) is 2. The zero-order chi connectivity index (χ0) is 27.6. The molecule has 0 aliphatic rings. The molecule has 0 unspecified atom stereocenters. The lowest BCUT2D eigenvalue weighted by molar-refractivity contribution is -0.146. The van der Waals surface area contributed by atoms with Crippen molar-refractivity contribution in [2.45, 2.75) is 38.0 Å². The highest BCUT2D eigenvalue weighted by Gasteiger charge is 2.25. The summed E-state index contributed by atoms with van der Waals surface area (Å²) in [6.07, 6.45) is 10.7. The van der Waals surface area contributed by atoms with Gasteiger partial charge in [-0.1, -0.05) is 46.9 Å². The minimum absolute atomic E-state index is 0.0264. The molecule has 0 aliphatic carbocycles. The van der Waals surface area contributed by atoms with Crippen molar-refractivity contribution in [3.05, 3.63) is 74.4 Å². The Bertz CT molecular complexity index is 944. The van der Waals surface area contributed by atoms with Crippen LogP contribution in [0.1, 0.15) is 12.8 Å². The third-order valence-corrected chi connectivity index (χ3v) is 7.43. The predicted octanol–water partition coefficient (Wildman–Crippen LogP) is 2.58. The third-order valence-electron chi connectivity index (χ3n) is 5.01. The molecule has 2 heterocycles. The molecule has 12 heteroatoms. The van der Waals surface area contributed by atoms with Gasteiger partial charge in [-0.2, -0.15) is 0 Å². The molecule has 2 aromatic rings. The van der Waals surface area contributed by atoms with Crippen LogP contribution in [-0.4, -0.2) is 69.7 Å². The summed E-state index contributed by atoms with van der Waals surface area (Å²) >= 11 is 0. The molecule has 2 aromatic heterocycles. The topological polar surface area (TPSA) is 121 Å². The lowest BCUT2D eigenvalue weighted by Crippen LogP contribution is -2.44. The SMILES string of the molecule is C=CCOC(=O)[C@H](CSSC[C@@H](NC(=O)CCn1cccc1)C(=O)OCC=C)NC(=O)CCn1cccc1. The average Bonchev–Trinajstić information content (AvgIpc) is 3.63. The Morgan fingerprint density at radius 2 is 1.08 bits per heavy atom. The average molecular weight is 563 g/mol. The van der Waals surface area contributed by atoms with E-state index >= 15 is 0 Å². The Hall–Kier alpha value is -3.38. The summed E-state index contributed by atoms with van der Waals surface area (Å²) in [5.74, 6) is -1.32. The van der Waals surface area contributed by atoms with Crippen molar-refractivity contribution in [1.82, 2.24) is 19.8 Å². The fourth-order valence-corrected chi connectivity index (χ4v) is 5.38. The maximum Gasteiger partial charge on any atom is 0.329 e. The van der Waals surface area contributed by atoms with Crippen LogP contribution in [-0.2, 0) is 41.7 Å². The first-order valence-electron chi connectivity index (χ1n) is 12.0. The number of hydrogen-bond acceptors (Lipinski definition) is 8. The van der Waals surface area contributed by atoms with E-state index in [4.69, 9.17) is 9.47 Å². The molecular weight excluding hydrogens is 528 g/mol. The van der Waals surface area contributed by atoms with Gasteiger partial charge in [-0.15, -0.1) is 0 Å². The Balaban J connectivity index is 1.87. The highest BCUT2D eigenvalue weighted by Crippen LogP contribution is 2.24. The van der Waals surface area contributed by atoms with Crippen LogP contribution in [0.3, 0.4) is 0 Å². The third kappa shape index (κ3) is 12.2. The van der Waals surface area contributed by atoms with Crippen molar-refractivity contribution in [3.63, 3.8) is 0 Å². The largest absolute Gasteiger partial charge is 0.460 e. The van der Waals surface area contributed by atoms with E-state index in [1.165, 1.54) is 33.7 Å². The Labute approximate surface area is 230 Å². The van der Waals surface area contributed by atoms with Gasteiger partial charge in [0, 0.05) is 62.2 Å². The summed E-state index contributed by atoms with van der Waals surface area (Å²) in [6.45, 7) is 8.08. The number of rotatable bonds is 19. The van der Waals surface area contributed by atoms with Gasteiger partial charge in [0.15, 0.2) is 0 Å². The second-order valence-electron chi connectivity index (χ2n) is 7.99. The molecule has 0 saturated heterocycles. The normalized spacial score (nSPS) is 12.1. The summed E-state index contributed by atoms with van der Waals surface area (Å²) in [7, 11) is 2.55. The fourth-order valence-electron chi connectivity index (χ4n) is 3.09. The lowest BCUT2D eigenvalue weighted by atomic mass is 10.3. The summed E-state index contributed by atoms with van der Waals surface area (Å²) in [6, 6.07) is 5.70. The molecule has 10 nitrogen and oxygen atoms in total. The monoisotopic (exact) mass is 562 g/mol. The van der Waals surface area contributed by atoms with Gasteiger partial charge in [-0.25, -0.2) is 9.59 Å². The van der Waals surface area contributed by atoms with Gasteiger partial charge in [-0.05, 0) is 24.3 Å². The first-order valence-corrected chi connectivity index (χ1v) is 14.5. The number of carbonyl (C=O) groups is 4. The standard InChI is InChI=1S/C26H34N4O6S2/c1-3-17-35-25(33)21(27-23(31)9-15-29-11-5-6-12-29)19-37-38-20-22(26(34)36-18-4-2)28-24(32)10-16-30-13-7-8-14-30/h3-8,11-14,21-22H,1-2,9-10,15-20H2,(H,27,31)(H,28,32)/t21-,22+. The van der Waals surface area contributed by atoms with Crippen LogP contribution < -0.4 is 10.6 Å². The molecular formula is C26H34N4O6S2. The Kier molecular flexibility index (Phi) is 14.6. The quantitative estimate of drug-likeness (QED) is 0.116. The summed E-state index contributed by atoms with van der Waals surface area (Å²) in [5, 5.41) is 5.44. The molecule has 0 saturated carbocycles. The van der Waals surface area contributed by atoms with E-state index in [1.54, 1.807) is 0 Å². The lowest BCUT2D eigenvalue weighted by Gasteiger charge is -2.19. The smallest absolute Gasteiger partial charge is 0.329 e. The molecule has 206 valence electrons. The molecule has 0 aromatic carbocycles. The van der Waals surface area contributed by atoms with Crippen molar-refractivity contribution in [1.29, 1.82) is 0 Å². The van der Waals surface area contributed by atoms with Crippen LogP contribution in [0, 0.1) is 0 Å². The molecule has 0 spiro atoms. The number of carbonyl (C=O) groups excluding carboxylic acids is 4. The van der Waals surface area contributed by atoms with Crippen LogP contribution in [0.25, 0.3) is 0 Å².